The quantitative estimate of drug-likeness (QED) is 0.828. The van der Waals surface area contributed by atoms with Gasteiger partial charge in [0.1, 0.15) is 6.04 Å². The first kappa shape index (κ1) is 16.6. The van der Waals surface area contributed by atoms with Crippen LogP contribution in [0.1, 0.15) is 19.3 Å². The molecule has 1 aliphatic rings. The maximum atomic E-state index is 12.4. The van der Waals surface area contributed by atoms with E-state index in [9.17, 15) is 13.2 Å². The smallest absolute Gasteiger partial charge is 0.241 e. The summed E-state index contributed by atoms with van der Waals surface area (Å²) in [4.78, 5) is 11.9. The highest BCUT2D eigenvalue weighted by molar-refractivity contribution is 7.89. The SMILES string of the molecule is COc1ccc(S(=O)(=O)NC2CCCCNC2=O)cc1OC. The van der Waals surface area contributed by atoms with Crippen LogP contribution in [0.5, 0.6) is 11.5 Å². The van der Waals surface area contributed by atoms with Crippen LogP contribution < -0.4 is 19.5 Å². The number of amides is 1. The number of rotatable bonds is 5. The molecule has 2 rings (SSSR count). The predicted octanol–water partition coefficient (Wildman–Crippen LogP) is 0.651. The Balaban J connectivity index is 2.24. The van der Waals surface area contributed by atoms with Gasteiger partial charge in [0.2, 0.25) is 15.9 Å². The lowest BCUT2D eigenvalue weighted by molar-refractivity contribution is -0.122. The molecule has 0 radical (unpaired) electrons. The molecular formula is C14H20N2O5S. The van der Waals surface area contributed by atoms with E-state index < -0.39 is 16.1 Å². The lowest BCUT2D eigenvalue weighted by atomic mass is 10.1. The Hall–Kier alpha value is -1.80. The third kappa shape index (κ3) is 3.69. The van der Waals surface area contributed by atoms with Crippen LogP contribution in [0.4, 0.5) is 0 Å². The second-order valence-corrected chi connectivity index (χ2v) is 6.69. The summed E-state index contributed by atoms with van der Waals surface area (Å²) in [6.07, 6.45) is 2.12. The Morgan fingerprint density at radius 3 is 2.59 bits per heavy atom. The van der Waals surface area contributed by atoms with E-state index >= 15 is 0 Å². The first-order valence-electron chi connectivity index (χ1n) is 7.00. The van der Waals surface area contributed by atoms with Crippen LogP contribution >= 0.6 is 0 Å². The van der Waals surface area contributed by atoms with Gasteiger partial charge in [-0.05, 0) is 31.4 Å². The van der Waals surface area contributed by atoms with Gasteiger partial charge in [-0.15, -0.1) is 0 Å². The van der Waals surface area contributed by atoms with Crippen molar-refractivity contribution in [2.45, 2.75) is 30.2 Å². The van der Waals surface area contributed by atoms with E-state index in [1.807, 2.05) is 0 Å². The number of benzene rings is 1. The molecule has 1 atom stereocenters. The summed E-state index contributed by atoms with van der Waals surface area (Å²) >= 11 is 0. The molecule has 0 aromatic heterocycles. The number of hydrogen-bond acceptors (Lipinski definition) is 5. The number of sulfonamides is 1. The van der Waals surface area contributed by atoms with Gasteiger partial charge in [0.15, 0.2) is 11.5 Å². The molecule has 1 aliphatic heterocycles. The molecule has 1 fully saturated rings. The summed E-state index contributed by atoms with van der Waals surface area (Å²) < 4.78 is 37.5. The van der Waals surface area contributed by atoms with E-state index in [4.69, 9.17) is 9.47 Å². The summed E-state index contributed by atoms with van der Waals surface area (Å²) in [6, 6.07) is 3.55. The van der Waals surface area contributed by atoms with Gasteiger partial charge in [0.25, 0.3) is 0 Å². The Morgan fingerprint density at radius 2 is 1.91 bits per heavy atom. The normalized spacial score (nSPS) is 19.2. The van der Waals surface area contributed by atoms with E-state index in [2.05, 4.69) is 10.0 Å². The minimum Gasteiger partial charge on any atom is -0.493 e. The third-order valence-electron chi connectivity index (χ3n) is 3.50. The maximum Gasteiger partial charge on any atom is 0.241 e. The van der Waals surface area contributed by atoms with Crippen molar-refractivity contribution >= 4 is 15.9 Å². The largest absolute Gasteiger partial charge is 0.493 e. The highest BCUT2D eigenvalue weighted by atomic mass is 32.2. The number of ether oxygens (including phenoxy) is 2. The van der Waals surface area contributed by atoms with E-state index in [1.54, 1.807) is 0 Å². The molecule has 1 aromatic rings. The maximum absolute atomic E-state index is 12.4. The molecule has 8 heteroatoms. The molecule has 2 N–H and O–H groups in total. The number of hydrogen-bond donors (Lipinski definition) is 2. The number of carbonyl (C=O) groups excluding carboxylic acids is 1. The van der Waals surface area contributed by atoms with Crippen LogP contribution in [0.2, 0.25) is 0 Å². The molecule has 22 heavy (non-hydrogen) atoms. The van der Waals surface area contributed by atoms with Crippen molar-refractivity contribution < 1.29 is 22.7 Å². The molecule has 7 nitrogen and oxygen atoms in total. The molecule has 0 bridgehead atoms. The zero-order chi connectivity index (χ0) is 16.2. The van der Waals surface area contributed by atoms with Crippen molar-refractivity contribution in [2.75, 3.05) is 20.8 Å². The Kier molecular flexibility index (Phi) is 5.25. The molecule has 0 spiro atoms. The Morgan fingerprint density at radius 1 is 1.18 bits per heavy atom. The summed E-state index contributed by atoms with van der Waals surface area (Å²) in [5, 5.41) is 2.70. The average molecular weight is 328 g/mol. The van der Waals surface area contributed by atoms with E-state index in [-0.39, 0.29) is 10.8 Å². The highest BCUT2D eigenvalue weighted by Crippen LogP contribution is 2.29. The third-order valence-corrected chi connectivity index (χ3v) is 4.97. The van der Waals surface area contributed by atoms with Gasteiger partial charge in [-0.2, -0.15) is 4.72 Å². The number of carbonyl (C=O) groups is 1. The zero-order valence-corrected chi connectivity index (χ0v) is 13.4. The molecule has 0 saturated carbocycles. The topological polar surface area (TPSA) is 93.7 Å². The van der Waals surface area contributed by atoms with Crippen molar-refractivity contribution in [1.82, 2.24) is 10.0 Å². The molecule has 1 aromatic carbocycles. The van der Waals surface area contributed by atoms with Crippen LogP contribution in [-0.4, -0.2) is 41.1 Å². The molecule has 1 saturated heterocycles. The van der Waals surface area contributed by atoms with Crippen LogP contribution in [-0.2, 0) is 14.8 Å². The molecule has 0 aliphatic carbocycles. The first-order chi connectivity index (χ1) is 10.5. The highest BCUT2D eigenvalue weighted by Gasteiger charge is 2.27. The van der Waals surface area contributed by atoms with Gasteiger partial charge in [-0.3, -0.25) is 4.79 Å². The van der Waals surface area contributed by atoms with E-state index in [0.29, 0.717) is 24.5 Å². The lowest BCUT2D eigenvalue weighted by Gasteiger charge is -2.16. The summed E-state index contributed by atoms with van der Waals surface area (Å²) in [7, 11) is -0.910. The Bertz CT molecular complexity index is 645. The predicted molar refractivity (Wildman–Crippen MR) is 80.5 cm³/mol. The Labute approximate surface area is 130 Å². The second kappa shape index (κ2) is 6.97. The van der Waals surface area contributed by atoms with E-state index in [0.717, 1.165) is 12.8 Å². The monoisotopic (exact) mass is 328 g/mol. The molecule has 1 heterocycles. The van der Waals surface area contributed by atoms with Crippen LogP contribution in [0, 0.1) is 0 Å². The zero-order valence-electron chi connectivity index (χ0n) is 12.6. The second-order valence-electron chi connectivity index (χ2n) is 4.98. The lowest BCUT2D eigenvalue weighted by Crippen LogP contribution is -2.45. The van der Waals surface area contributed by atoms with E-state index in [1.165, 1.54) is 32.4 Å². The molecule has 1 unspecified atom stereocenters. The summed E-state index contributed by atoms with van der Waals surface area (Å²) in [5.41, 5.74) is 0. The fraction of sp³-hybridized carbons (Fsp3) is 0.500. The van der Waals surface area contributed by atoms with Gasteiger partial charge in [-0.25, -0.2) is 8.42 Å². The minimum atomic E-state index is -3.81. The number of nitrogens with one attached hydrogen (secondary N) is 2. The van der Waals surface area contributed by atoms with Crippen molar-refractivity contribution in [2.24, 2.45) is 0 Å². The number of methoxy groups -OCH3 is 2. The molecule has 122 valence electrons. The van der Waals surface area contributed by atoms with Crippen molar-refractivity contribution in [3.8, 4) is 11.5 Å². The van der Waals surface area contributed by atoms with Crippen molar-refractivity contribution in [3.63, 3.8) is 0 Å². The van der Waals surface area contributed by atoms with Gasteiger partial charge < -0.3 is 14.8 Å². The fourth-order valence-corrected chi connectivity index (χ4v) is 3.54. The van der Waals surface area contributed by atoms with Gasteiger partial charge in [0, 0.05) is 12.6 Å². The average Bonchev–Trinajstić information content (AvgIpc) is 2.71. The fourth-order valence-electron chi connectivity index (χ4n) is 2.29. The summed E-state index contributed by atoms with van der Waals surface area (Å²) in [6.45, 7) is 0.577. The first-order valence-corrected chi connectivity index (χ1v) is 8.48. The van der Waals surface area contributed by atoms with Gasteiger partial charge in [0.05, 0.1) is 19.1 Å². The molecule has 1 amide bonds. The van der Waals surface area contributed by atoms with Crippen LogP contribution in [0.3, 0.4) is 0 Å². The summed E-state index contributed by atoms with van der Waals surface area (Å²) in [5.74, 6) is 0.464. The standard InChI is InChI=1S/C14H20N2O5S/c1-20-12-7-6-10(9-13(12)21-2)22(18,19)16-11-5-3-4-8-15-14(11)17/h6-7,9,11,16H,3-5,8H2,1-2H3,(H,15,17). The molecular weight excluding hydrogens is 308 g/mol. The van der Waals surface area contributed by atoms with Gasteiger partial charge >= 0.3 is 0 Å². The van der Waals surface area contributed by atoms with Crippen LogP contribution in [0.15, 0.2) is 23.1 Å². The minimum absolute atomic E-state index is 0.0298. The van der Waals surface area contributed by atoms with Crippen molar-refractivity contribution in [1.29, 1.82) is 0 Å². The van der Waals surface area contributed by atoms with Crippen LogP contribution in [0.25, 0.3) is 0 Å². The van der Waals surface area contributed by atoms with Crippen molar-refractivity contribution in [3.05, 3.63) is 18.2 Å². The van der Waals surface area contributed by atoms with Gasteiger partial charge in [-0.1, -0.05) is 0 Å².